The first-order valence-electron chi connectivity index (χ1n) is 10.3. The maximum atomic E-state index is 12.4. The highest BCUT2D eigenvalue weighted by molar-refractivity contribution is 5.91. The van der Waals surface area contributed by atoms with E-state index in [1.54, 1.807) is 6.92 Å². The van der Waals surface area contributed by atoms with Gasteiger partial charge in [0.2, 0.25) is 11.8 Å². The monoisotopic (exact) mass is 405 g/mol. The fourth-order valence-corrected chi connectivity index (χ4v) is 3.95. The molecule has 7 nitrogen and oxygen atoms in total. The van der Waals surface area contributed by atoms with Crippen LogP contribution in [0, 0.1) is 6.92 Å². The molecular weight excluding hydrogens is 378 g/mol. The highest BCUT2D eigenvalue weighted by atomic mass is 16.2. The highest BCUT2D eigenvalue weighted by Gasteiger charge is 2.18. The average molecular weight is 406 g/mol. The molecule has 1 N–H and O–H groups in total. The molecule has 0 aliphatic carbocycles. The maximum Gasteiger partial charge on any atom is 0.226 e. The third-order valence-electron chi connectivity index (χ3n) is 5.65. The number of benzene rings is 2. The molecule has 0 spiro atoms. The summed E-state index contributed by atoms with van der Waals surface area (Å²) in [5.41, 5.74) is 3.90. The molecule has 2 heterocycles. The Labute approximate surface area is 176 Å². The molecule has 2 aromatic carbocycles. The Balaban J connectivity index is 1.32. The summed E-state index contributed by atoms with van der Waals surface area (Å²) in [5.74, 6) is 1.03. The van der Waals surface area contributed by atoms with Crippen LogP contribution in [-0.2, 0) is 16.1 Å². The number of hydrogen-bond acceptors (Lipinski definition) is 4. The van der Waals surface area contributed by atoms with E-state index >= 15 is 0 Å². The van der Waals surface area contributed by atoms with Gasteiger partial charge < -0.3 is 19.7 Å². The lowest BCUT2D eigenvalue weighted by molar-refractivity contribution is -0.129. The van der Waals surface area contributed by atoms with Gasteiger partial charge in [0.1, 0.15) is 5.82 Å². The second kappa shape index (κ2) is 8.57. The fraction of sp³-hybridized carbons (Fsp3) is 0.348. The molecule has 30 heavy (non-hydrogen) atoms. The molecule has 156 valence electrons. The maximum absolute atomic E-state index is 12.4. The molecule has 1 aliphatic heterocycles. The van der Waals surface area contributed by atoms with Crippen LogP contribution < -0.4 is 10.2 Å². The second-order valence-electron chi connectivity index (χ2n) is 7.64. The van der Waals surface area contributed by atoms with E-state index in [0.29, 0.717) is 13.0 Å². The number of fused-ring (bicyclic) bond motifs is 1. The van der Waals surface area contributed by atoms with Crippen molar-refractivity contribution in [1.29, 1.82) is 0 Å². The van der Waals surface area contributed by atoms with Crippen molar-refractivity contribution in [2.45, 2.75) is 26.8 Å². The van der Waals surface area contributed by atoms with E-state index in [-0.39, 0.29) is 11.8 Å². The summed E-state index contributed by atoms with van der Waals surface area (Å²) in [4.78, 5) is 32.6. The van der Waals surface area contributed by atoms with E-state index in [9.17, 15) is 9.59 Å². The summed E-state index contributed by atoms with van der Waals surface area (Å²) in [6.45, 7) is 7.31. The lowest BCUT2D eigenvalue weighted by Crippen LogP contribution is -2.48. The highest BCUT2D eigenvalue weighted by Crippen LogP contribution is 2.20. The first-order chi connectivity index (χ1) is 14.5. The quantitative estimate of drug-likeness (QED) is 0.708. The van der Waals surface area contributed by atoms with Crippen molar-refractivity contribution in [3.63, 3.8) is 0 Å². The van der Waals surface area contributed by atoms with Gasteiger partial charge in [-0.05, 0) is 43.3 Å². The summed E-state index contributed by atoms with van der Waals surface area (Å²) in [6, 6.07) is 15.9. The van der Waals surface area contributed by atoms with Gasteiger partial charge in [-0.25, -0.2) is 4.98 Å². The summed E-state index contributed by atoms with van der Waals surface area (Å²) < 4.78 is 2.08. The van der Waals surface area contributed by atoms with Crippen molar-refractivity contribution < 1.29 is 9.59 Å². The molecule has 7 heteroatoms. The van der Waals surface area contributed by atoms with Gasteiger partial charge in [0.25, 0.3) is 0 Å². The average Bonchev–Trinajstić information content (AvgIpc) is 3.08. The van der Waals surface area contributed by atoms with Crippen molar-refractivity contribution in [2.75, 3.05) is 36.4 Å². The normalized spacial score (nSPS) is 14.2. The number of nitrogens with one attached hydrogen (secondary N) is 1. The van der Waals surface area contributed by atoms with E-state index < -0.39 is 0 Å². The number of imidazole rings is 1. The third-order valence-corrected chi connectivity index (χ3v) is 5.65. The van der Waals surface area contributed by atoms with Crippen LogP contribution in [0.25, 0.3) is 11.0 Å². The van der Waals surface area contributed by atoms with Gasteiger partial charge in [0, 0.05) is 57.4 Å². The minimum Gasteiger partial charge on any atom is -0.368 e. The standard InChI is InChI=1S/C23H27N5O2/c1-17-24-21-5-3-4-6-22(21)28(17)12-11-23(30)25-19-7-9-20(10-8-19)27-15-13-26(14-16-27)18(2)29/h3-10H,11-16H2,1-2H3,(H,25,30). The lowest BCUT2D eigenvalue weighted by atomic mass is 10.2. The molecule has 1 aromatic heterocycles. The molecule has 0 saturated carbocycles. The summed E-state index contributed by atoms with van der Waals surface area (Å²) in [5, 5.41) is 2.98. The van der Waals surface area contributed by atoms with E-state index in [2.05, 4.69) is 19.8 Å². The topological polar surface area (TPSA) is 70.5 Å². The van der Waals surface area contributed by atoms with Gasteiger partial charge in [0.05, 0.1) is 11.0 Å². The van der Waals surface area contributed by atoms with Crippen LogP contribution in [0.15, 0.2) is 48.5 Å². The Kier molecular flexibility index (Phi) is 5.70. The molecule has 0 radical (unpaired) electrons. The van der Waals surface area contributed by atoms with Crippen LogP contribution in [0.3, 0.4) is 0 Å². The zero-order valence-corrected chi connectivity index (χ0v) is 17.5. The summed E-state index contributed by atoms with van der Waals surface area (Å²) in [7, 11) is 0. The molecule has 4 rings (SSSR count). The van der Waals surface area contributed by atoms with E-state index in [4.69, 9.17) is 0 Å². The van der Waals surface area contributed by atoms with Crippen LogP contribution in [0.5, 0.6) is 0 Å². The Hall–Kier alpha value is -3.35. The lowest BCUT2D eigenvalue weighted by Gasteiger charge is -2.35. The number of hydrogen-bond donors (Lipinski definition) is 1. The Morgan fingerprint density at radius 1 is 1.00 bits per heavy atom. The molecule has 2 amide bonds. The van der Waals surface area contributed by atoms with Gasteiger partial charge in [-0.2, -0.15) is 0 Å². The largest absolute Gasteiger partial charge is 0.368 e. The Morgan fingerprint density at radius 3 is 2.40 bits per heavy atom. The van der Waals surface area contributed by atoms with Gasteiger partial charge in [-0.15, -0.1) is 0 Å². The smallest absolute Gasteiger partial charge is 0.226 e. The Bertz CT molecular complexity index is 1050. The van der Waals surface area contributed by atoms with Crippen LogP contribution >= 0.6 is 0 Å². The Morgan fingerprint density at radius 2 is 1.70 bits per heavy atom. The molecule has 1 aliphatic rings. The first kappa shape index (κ1) is 19.9. The van der Waals surface area contributed by atoms with Gasteiger partial charge in [-0.1, -0.05) is 12.1 Å². The number of rotatable bonds is 5. The van der Waals surface area contributed by atoms with Gasteiger partial charge >= 0.3 is 0 Å². The number of piperazine rings is 1. The number of carbonyl (C=O) groups is 2. The van der Waals surface area contributed by atoms with Crippen molar-refractivity contribution >= 4 is 34.2 Å². The number of nitrogens with zero attached hydrogens (tertiary/aromatic N) is 4. The number of anilines is 2. The zero-order valence-electron chi connectivity index (χ0n) is 17.5. The molecular formula is C23H27N5O2. The van der Waals surface area contributed by atoms with Crippen LogP contribution in [0.4, 0.5) is 11.4 Å². The number of carbonyl (C=O) groups excluding carboxylic acids is 2. The third kappa shape index (κ3) is 4.30. The molecule has 1 fully saturated rings. The van der Waals surface area contributed by atoms with E-state index in [1.165, 1.54) is 0 Å². The molecule has 1 saturated heterocycles. The zero-order chi connectivity index (χ0) is 21.1. The number of para-hydroxylation sites is 2. The minimum atomic E-state index is -0.0185. The van der Waals surface area contributed by atoms with Crippen molar-refractivity contribution in [3.8, 4) is 0 Å². The predicted molar refractivity (Wildman–Crippen MR) is 119 cm³/mol. The van der Waals surface area contributed by atoms with Crippen molar-refractivity contribution in [1.82, 2.24) is 14.5 Å². The van der Waals surface area contributed by atoms with Gasteiger partial charge in [-0.3, -0.25) is 9.59 Å². The van der Waals surface area contributed by atoms with Crippen LogP contribution in [0.2, 0.25) is 0 Å². The second-order valence-corrected chi connectivity index (χ2v) is 7.64. The number of aryl methyl sites for hydroxylation is 2. The fourth-order valence-electron chi connectivity index (χ4n) is 3.95. The van der Waals surface area contributed by atoms with Crippen molar-refractivity contribution in [3.05, 3.63) is 54.4 Å². The van der Waals surface area contributed by atoms with Crippen molar-refractivity contribution in [2.24, 2.45) is 0 Å². The predicted octanol–water partition coefficient (Wildman–Crippen LogP) is 3.04. The summed E-state index contributed by atoms with van der Waals surface area (Å²) >= 11 is 0. The first-order valence-corrected chi connectivity index (χ1v) is 10.3. The summed E-state index contributed by atoms with van der Waals surface area (Å²) in [6.07, 6.45) is 0.385. The number of aromatic nitrogens is 2. The molecule has 0 atom stereocenters. The van der Waals surface area contributed by atoms with Crippen LogP contribution in [-0.4, -0.2) is 52.4 Å². The van der Waals surface area contributed by atoms with E-state index in [0.717, 1.165) is 54.4 Å². The SMILES string of the molecule is CC(=O)N1CCN(c2ccc(NC(=O)CCn3c(C)nc4ccccc43)cc2)CC1. The molecule has 0 bridgehead atoms. The van der Waals surface area contributed by atoms with Gasteiger partial charge in [0.15, 0.2) is 0 Å². The minimum absolute atomic E-state index is 0.0185. The van der Waals surface area contributed by atoms with Crippen LogP contribution in [0.1, 0.15) is 19.2 Å². The molecule has 3 aromatic rings. The van der Waals surface area contributed by atoms with E-state index in [1.807, 2.05) is 60.4 Å². The number of amides is 2. The molecule has 0 unspecified atom stereocenters.